The predicted octanol–water partition coefficient (Wildman–Crippen LogP) is 2.62. The number of hydrogen-bond acceptors (Lipinski definition) is 3. The first kappa shape index (κ1) is 16.2. The summed E-state index contributed by atoms with van der Waals surface area (Å²) in [5.74, 6) is 0. The van der Waals surface area contributed by atoms with Gasteiger partial charge >= 0.3 is 6.09 Å². The fourth-order valence-electron chi connectivity index (χ4n) is 1.57. The first-order valence-electron chi connectivity index (χ1n) is 6.12. The fraction of sp³-hybridized carbons (Fsp3) is 0.923. The highest BCUT2D eigenvalue weighted by Crippen LogP contribution is 2.23. The first-order valence-corrected chi connectivity index (χ1v) is 6.12. The minimum absolute atomic E-state index is 0.0184. The van der Waals surface area contributed by atoms with Crippen LogP contribution in [0.25, 0.3) is 0 Å². The molecule has 0 aromatic carbocycles. The Morgan fingerprint density at radius 3 is 2.00 bits per heavy atom. The van der Waals surface area contributed by atoms with Crippen molar-refractivity contribution in [1.29, 1.82) is 0 Å². The van der Waals surface area contributed by atoms with E-state index in [1.807, 2.05) is 20.8 Å². The zero-order valence-electron chi connectivity index (χ0n) is 12.3. The van der Waals surface area contributed by atoms with Crippen molar-refractivity contribution in [3.8, 4) is 0 Å². The molecule has 0 spiro atoms. The van der Waals surface area contributed by atoms with Gasteiger partial charge in [-0.25, -0.2) is 4.79 Å². The van der Waals surface area contributed by atoms with Gasteiger partial charge in [-0.3, -0.25) is 0 Å². The molecule has 0 heterocycles. The number of amides is 1. The van der Waals surface area contributed by atoms with Crippen LogP contribution in [0.3, 0.4) is 0 Å². The van der Waals surface area contributed by atoms with E-state index in [9.17, 15) is 4.79 Å². The molecule has 0 aromatic heterocycles. The third kappa shape index (κ3) is 7.21. The Labute approximate surface area is 105 Å². The molecule has 0 aromatic rings. The van der Waals surface area contributed by atoms with Crippen LogP contribution >= 0.6 is 0 Å². The number of hydrogen-bond donors (Lipinski definition) is 1. The Hall–Kier alpha value is -0.770. The van der Waals surface area contributed by atoms with Crippen LogP contribution in [-0.2, 0) is 4.74 Å². The minimum atomic E-state index is -0.466. The molecule has 0 aliphatic heterocycles. The summed E-state index contributed by atoms with van der Waals surface area (Å²) in [4.78, 5) is 13.5. The van der Waals surface area contributed by atoms with Crippen molar-refractivity contribution in [1.82, 2.24) is 4.90 Å². The maximum absolute atomic E-state index is 11.9. The van der Waals surface area contributed by atoms with Gasteiger partial charge in [0.15, 0.2) is 0 Å². The van der Waals surface area contributed by atoms with Gasteiger partial charge in [0.2, 0.25) is 0 Å². The molecule has 4 nitrogen and oxygen atoms in total. The summed E-state index contributed by atoms with van der Waals surface area (Å²) in [5.41, 5.74) is 5.41. The summed E-state index contributed by atoms with van der Waals surface area (Å²) in [6.45, 7) is 12.4. The summed E-state index contributed by atoms with van der Waals surface area (Å²) in [6, 6.07) is 0.0184. The molecular formula is C13H28N2O2. The topological polar surface area (TPSA) is 55.6 Å². The maximum atomic E-state index is 11.9. The average Bonchev–Trinajstić information content (AvgIpc) is 2.08. The number of ether oxygens (including phenoxy) is 1. The largest absolute Gasteiger partial charge is 0.444 e. The van der Waals surface area contributed by atoms with Crippen LogP contribution in [0.4, 0.5) is 4.79 Å². The van der Waals surface area contributed by atoms with E-state index in [4.69, 9.17) is 10.5 Å². The molecule has 1 atom stereocenters. The van der Waals surface area contributed by atoms with Crippen molar-refractivity contribution in [3.05, 3.63) is 0 Å². The number of carbonyl (C=O) groups excluding carboxylic acids is 1. The van der Waals surface area contributed by atoms with Gasteiger partial charge in [-0.2, -0.15) is 0 Å². The smallest absolute Gasteiger partial charge is 0.410 e. The van der Waals surface area contributed by atoms with Gasteiger partial charge in [0, 0.05) is 19.6 Å². The third-order valence-corrected chi connectivity index (χ3v) is 2.35. The van der Waals surface area contributed by atoms with Crippen LogP contribution in [-0.4, -0.2) is 36.2 Å². The molecule has 0 saturated heterocycles. The second kappa shape index (κ2) is 5.71. The standard InChI is InChI=1S/C13H28N2O2/c1-12(2,3)8-10(9-14)15(7)11(16)17-13(4,5)6/h10H,8-9,14H2,1-7H3. The summed E-state index contributed by atoms with van der Waals surface area (Å²) in [7, 11) is 1.75. The van der Waals surface area contributed by atoms with Gasteiger partial charge in [-0.05, 0) is 32.6 Å². The normalized spacial score (nSPS) is 14.4. The van der Waals surface area contributed by atoms with Crippen molar-refractivity contribution < 1.29 is 9.53 Å². The molecule has 1 amide bonds. The molecule has 4 heteroatoms. The lowest BCUT2D eigenvalue weighted by Gasteiger charge is -2.33. The highest BCUT2D eigenvalue weighted by Gasteiger charge is 2.27. The summed E-state index contributed by atoms with van der Waals surface area (Å²) in [6.07, 6.45) is 0.552. The van der Waals surface area contributed by atoms with Gasteiger partial charge in [0.25, 0.3) is 0 Å². The lowest BCUT2D eigenvalue weighted by atomic mass is 9.87. The van der Waals surface area contributed by atoms with E-state index >= 15 is 0 Å². The predicted molar refractivity (Wildman–Crippen MR) is 70.9 cm³/mol. The molecule has 0 fully saturated rings. The quantitative estimate of drug-likeness (QED) is 0.830. The molecule has 1 unspecified atom stereocenters. The molecule has 0 saturated carbocycles. The second-order valence-electron chi connectivity index (χ2n) is 6.75. The van der Waals surface area contributed by atoms with E-state index in [1.165, 1.54) is 0 Å². The van der Waals surface area contributed by atoms with Crippen LogP contribution in [0.2, 0.25) is 0 Å². The van der Waals surface area contributed by atoms with E-state index in [1.54, 1.807) is 11.9 Å². The lowest BCUT2D eigenvalue weighted by Crippen LogP contribution is -2.45. The van der Waals surface area contributed by atoms with Crippen molar-refractivity contribution in [2.75, 3.05) is 13.6 Å². The molecule has 0 bridgehead atoms. The molecule has 2 N–H and O–H groups in total. The zero-order valence-corrected chi connectivity index (χ0v) is 12.3. The van der Waals surface area contributed by atoms with Crippen LogP contribution in [0.1, 0.15) is 48.0 Å². The van der Waals surface area contributed by atoms with Gasteiger partial charge in [0.1, 0.15) is 5.60 Å². The third-order valence-electron chi connectivity index (χ3n) is 2.35. The van der Waals surface area contributed by atoms with Crippen molar-refractivity contribution >= 4 is 6.09 Å². The van der Waals surface area contributed by atoms with Crippen LogP contribution in [0.15, 0.2) is 0 Å². The molecule has 0 aliphatic carbocycles. The fourth-order valence-corrected chi connectivity index (χ4v) is 1.57. The number of nitrogens with two attached hydrogens (primary N) is 1. The Bertz CT molecular complexity index is 251. The van der Waals surface area contributed by atoms with Gasteiger partial charge in [-0.15, -0.1) is 0 Å². The molecule has 0 rings (SSSR count). The molecular weight excluding hydrogens is 216 g/mol. The van der Waals surface area contributed by atoms with E-state index < -0.39 is 5.60 Å². The first-order chi connectivity index (χ1) is 7.46. The van der Waals surface area contributed by atoms with Gasteiger partial charge in [-0.1, -0.05) is 20.8 Å². The van der Waals surface area contributed by atoms with Crippen molar-refractivity contribution in [2.24, 2.45) is 11.1 Å². The van der Waals surface area contributed by atoms with Crippen molar-refractivity contribution in [3.63, 3.8) is 0 Å². The molecule has 0 radical (unpaired) electrons. The Balaban J connectivity index is 4.54. The number of nitrogens with zero attached hydrogens (tertiary/aromatic N) is 1. The Morgan fingerprint density at radius 1 is 1.24 bits per heavy atom. The molecule has 17 heavy (non-hydrogen) atoms. The number of rotatable bonds is 3. The van der Waals surface area contributed by atoms with E-state index in [0.717, 1.165) is 6.42 Å². The van der Waals surface area contributed by atoms with E-state index in [2.05, 4.69) is 20.8 Å². The summed E-state index contributed by atoms with van der Waals surface area (Å²) in [5, 5.41) is 0. The maximum Gasteiger partial charge on any atom is 0.410 e. The highest BCUT2D eigenvalue weighted by molar-refractivity contribution is 5.68. The Morgan fingerprint density at radius 2 is 1.71 bits per heavy atom. The Kier molecular flexibility index (Phi) is 5.46. The number of carbonyl (C=O) groups is 1. The molecule has 0 aliphatic rings. The zero-order chi connectivity index (χ0) is 13.9. The second-order valence-corrected chi connectivity index (χ2v) is 6.75. The van der Waals surface area contributed by atoms with E-state index in [0.29, 0.717) is 6.54 Å². The summed E-state index contributed by atoms with van der Waals surface area (Å²) < 4.78 is 5.33. The van der Waals surface area contributed by atoms with Crippen molar-refractivity contribution in [2.45, 2.75) is 59.6 Å². The average molecular weight is 244 g/mol. The summed E-state index contributed by atoms with van der Waals surface area (Å²) >= 11 is 0. The van der Waals surface area contributed by atoms with Gasteiger partial charge < -0.3 is 15.4 Å². The van der Waals surface area contributed by atoms with Crippen LogP contribution in [0, 0.1) is 5.41 Å². The highest BCUT2D eigenvalue weighted by atomic mass is 16.6. The van der Waals surface area contributed by atoms with Crippen LogP contribution in [0.5, 0.6) is 0 Å². The SMILES string of the molecule is CN(C(=O)OC(C)(C)C)C(CN)CC(C)(C)C. The lowest BCUT2D eigenvalue weighted by molar-refractivity contribution is 0.0195. The van der Waals surface area contributed by atoms with Crippen LogP contribution < -0.4 is 5.73 Å². The number of likely N-dealkylation sites (N-methyl/N-ethyl adjacent to an activating group) is 1. The minimum Gasteiger partial charge on any atom is -0.444 e. The molecule has 102 valence electrons. The monoisotopic (exact) mass is 244 g/mol. The van der Waals surface area contributed by atoms with Gasteiger partial charge in [0.05, 0.1) is 0 Å². The van der Waals surface area contributed by atoms with E-state index in [-0.39, 0.29) is 17.6 Å².